The molecule has 0 radical (unpaired) electrons. The van der Waals surface area contributed by atoms with E-state index in [2.05, 4.69) is 29.6 Å². The van der Waals surface area contributed by atoms with Crippen LogP contribution in [0.1, 0.15) is 11.5 Å². The van der Waals surface area contributed by atoms with Crippen LogP contribution in [0, 0.1) is 0 Å². The summed E-state index contributed by atoms with van der Waals surface area (Å²) in [7, 11) is 2.00. The Morgan fingerprint density at radius 1 is 1.23 bits per heavy atom. The van der Waals surface area contributed by atoms with Crippen molar-refractivity contribution in [3.05, 3.63) is 35.9 Å². The first-order chi connectivity index (χ1) is 6.42. The van der Waals surface area contributed by atoms with Gasteiger partial charge < -0.3 is 10.1 Å². The summed E-state index contributed by atoms with van der Waals surface area (Å²) in [6.45, 7) is 1.67. The van der Waals surface area contributed by atoms with Gasteiger partial charge in [0.15, 0.2) is 0 Å². The van der Waals surface area contributed by atoms with Crippen LogP contribution in [0.4, 0.5) is 0 Å². The summed E-state index contributed by atoms with van der Waals surface area (Å²) in [4.78, 5) is 0. The molecule has 1 saturated heterocycles. The summed E-state index contributed by atoms with van der Waals surface area (Å²) in [5.41, 5.74) is 1.37. The Hall–Kier alpha value is -0.860. The van der Waals surface area contributed by atoms with Gasteiger partial charge in [0.05, 0.1) is 13.2 Å². The van der Waals surface area contributed by atoms with Crippen molar-refractivity contribution in [2.45, 2.75) is 12.0 Å². The average molecular weight is 177 g/mol. The molecule has 1 aliphatic rings. The molecule has 70 valence electrons. The van der Waals surface area contributed by atoms with Gasteiger partial charge >= 0.3 is 0 Å². The summed E-state index contributed by atoms with van der Waals surface area (Å²) in [5.74, 6) is 0.520. The van der Waals surface area contributed by atoms with E-state index in [9.17, 15) is 0 Å². The maximum atomic E-state index is 5.45. The zero-order chi connectivity index (χ0) is 9.10. The molecule has 1 fully saturated rings. The number of nitrogens with one attached hydrogen (secondary N) is 1. The minimum Gasteiger partial charge on any atom is -0.379 e. The van der Waals surface area contributed by atoms with Gasteiger partial charge in [-0.05, 0) is 12.6 Å². The van der Waals surface area contributed by atoms with Gasteiger partial charge in [-0.25, -0.2) is 0 Å². The first-order valence-corrected chi connectivity index (χ1v) is 4.72. The lowest BCUT2D eigenvalue weighted by molar-refractivity contribution is 0.188. The average Bonchev–Trinajstić information content (AvgIpc) is 2.67. The Morgan fingerprint density at radius 2 is 2.00 bits per heavy atom. The third-order valence-electron chi connectivity index (χ3n) is 2.68. The van der Waals surface area contributed by atoms with Crippen molar-refractivity contribution < 1.29 is 4.74 Å². The summed E-state index contributed by atoms with van der Waals surface area (Å²) < 4.78 is 5.45. The second-order valence-electron chi connectivity index (χ2n) is 3.45. The standard InChI is InChI=1S/C11H15NO/c1-12-11-8-13-7-10(11)9-5-3-2-4-6-9/h2-6,10-12H,7-8H2,1H3. The van der Waals surface area contributed by atoms with Gasteiger partial charge in [0, 0.05) is 12.0 Å². The van der Waals surface area contributed by atoms with Crippen LogP contribution in [0.5, 0.6) is 0 Å². The largest absolute Gasteiger partial charge is 0.379 e. The lowest BCUT2D eigenvalue weighted by Crippen LogP contribution is -2.30. The molecule has 0 aliphatic carbocycles. The van der Waals surface area contributed by atoms with Gasteiger partial charge in [-0.1, -0.05) is 30.3 Å². The van der Waals surface area contributed by atoms with Crippen LogP contribution >= 0.6 is 0 Å². The summed E-state index contributed by atoms with van der Waals surface area (Å²) in [6, 6.07) is 11.0. The molecule has 2 heteroatoms. The number of hydrogen-bond acceptors (Lipinski definition) is 2. The maximum absolute atomic E-state index is 5.45. The van der Waals surface area contributed by atoms with Crippen molar-refractivity contribution in [1.82, 2.24) is 5.32 Å². The molecule has 2 unspecified atom stereocenters. The monoisotopic (exact) mass is 177 g/mol. The molecular weight excluding hydrogens is 162 g/mol. The first kappa shape index (κ1) is 8.73. The summed E-state index contributed by atoms with van der Waals surface area (Å²) >= 11 is 0. The van der Waals surface area contributed by atoms with Crippen molar-refractivity contribution >= 4 is 0 Å². The van der Waals surface area contributed by atoms with E-state index >= 15 is 0 Å². The van der Waals surface area contributed by atoms with Crippen LogP contribution < -0.4 is 5.32 Å². The minimum absolute atomic E-state index is 0.474. The Kier molecular flexibility index (Phi) is 2.62. The highest BCUT2D eigenvalue weighted by Gasteiger charge is 2.27. The predicted molar refractivity (Wildman–Crippen MR) is 52.8 cm³/mol. The Bertz CT molecular complexity index is 260. The van der Waals surface area contributed by atoms with E-state index in [4.69, 9.17) is 4.74 Å². The van der Waals surface area contributed by atoms with E-state index < -0.39 is 0 Å². The van der Waals surface area contributed by atoms with Gasteiger partial charge in [0.1, 0.15) is 0 Å². The molecule has 1 aromatic rings. The van der Waals surface area contributed by atoms with Gasteiger partial charge in [0.25, 0.3) is 0 Å². The van der Waals surface area contributed by atoms with E-state index in [0.717, 1.165) is 13.2 Å². The second kappa shape index (κ2) is 3.90. The normalized spacial score (nSPS) is 27.8. The van der Waals surface area contributed by atoms with Crippen LogP contribution in [-0.4, -0.2) is 26.3 Å². The quantitative estimate of drug-likeness (QED) is 0.737. The molecule has 1 aromatic carbocycles. The highest BCUT2D eigenvalue weighted by Crippen LogP contribution is 2.24. The lowest BCUT2D eigenvalue weighted by Gasteiger charge is -2.16. The molecule has 0 bridgehead atoms. The fraction of sp³-hybridized carbons (Fsp3) is 0.455. The van der Waals surface area contributed by atoms with Gasteiger partial charge in [-0.2, -0.15) is 0 Å². The molecule has 2 rings (SSSR count). The highest BCUT2D eigenvalue weighted by atomic mass is 16.5. The van der Waals surface area contributed by atoms with Gasteiger partial charge in [0.2, 0.25) is 0 Å². The maximum Gasteiger partial charge on any atom is 0.0626 e. The number of likely N-dealkylation sites (N-methyl/N-ethyl adjacent to an activating group) is 1. The molecule has 1 aliphatic heterocycles. The lowest BCUT2D eigenvalue weighted by atomic mass is 9.95. The third kappa shape index (κ3) is 1.74. The smallest absolute Gasteiger partial charge is 0.0626 e. The molecule has 0 aromatic heterocycles. The molecular formula is C11H15NO. The van der Waals surface area contributed by atoms with Crippen molar-refractivity contribution in [2.24, 2.45) is 0 Å². The van der Waals surface area contributed by atoms with Crippen molar-refractivity contribution in [3.63, 3.8) is 0 Å². The number of benzene rings is 1. The number of hydrogen-bond donors (Lipinski definition) is 1. The molecule has 13 heavy (non-hydrogen) atoms. The SMILES string of the molecule is CNC1COCC1c1ccccc1. The minimum atomic E-state index is 0.474. The molecule has 2 nitrogen and oxygen atoms in total. The van der Waals surface area contributed by atoms with E-state index in [1.165, 1.54) is 5.56 Å². The van der Waals surface area contributed by atoms with Crippen LogP contribution in [0.3, 0.4) is 0 Å². The summed E-state index contributed by atoms with van der Waals surface area (Å²) in [6.07, 6.45) is 0. The van der Waals surface area contributed by atoms with Crippen LogP contribution in [0.25, 0.3) is 0 Å². The Morgan fingerprint density at radius 3 is 2.69 bits per heavy atom. The van der Waals surface area contributed by atoms with Crippen molar-refractivity contribution in [3.8, 4) is 0 Å². The topological polar surface area (TPSA) is 21.3 Å². The Labute approximate surface area is 78.9 Å². The van der Waals surface area contributed by atoms with E-state index in [1.807, 2.05) is 13.1 Å². The van der Waals surface area contributed by atoms with Gasteiger partial charge in [-0.3, -0.25) is 0 Å². The predicted octanol–water partition coefficient (Wildman–Crippen LogP) is 1.39. The van der Waals surface area contributed by atoms with Gasteiger partial charge in [-0.15, -0.1) is 0 Å². The molecule has 2 atom stereocenters. The Balaban J connectivity index is 2.16. The van der Waals surface area contributed by atoms with Crippen LogP contribution in [0.2, 0.25) is 0 Å². The van der Waals surface area contributed by atoms with Crippen LogP contribution in [0.15, 0.2) is 30.3 Å². The zero-order valence-corrected chi connectivity index (χ0v) is 7.86. The van der Waals surface area contributed by atoms with E-state index in [0.29, 0.717) is 12.0 Å². The molecule has 0 saturated carbocycles. The molecule has 1 N–H and O–H groups in total. The third-order valence-corrected chi connectivity index (χ3v) is 2.68. The fourth-order valence-electron chi connectivity index (χ4n) is 1.87. The first-order valence-electron chi connectivity index (χ1n) is 4.72. The second-order valence-corrected chi connectivity index (χ2v) is 3.45. The fourth-order valence-corrected chi connectivity index (χ4v) is 1.87. The highest BCUT2D eigenvalue weighted by molar-refractivity contribution is 5.22. The van der Waals surface area contributed by atoms with Crippen molar-refractivity contribution in [2.75, 3.05) is 20.3 Å². The number of ether oxygens (including phenoxy) is 1. The molecule has 0 spiro atoms. The molecule has 1 heterocycles. The van der Waals surface area contributed by atoms with E-state index in [-0.39, 0.29) is 0 Å². The van der Waals surface area contributed by atoms with E-state index in [1.54, 1.807) is 0 Å². The van der Waals surface area contributed by atoms with Crippen molar-refractivity contribution in [1.29, 1.82) is 0 Å². The number of rotatable bonds is 2. The zero-order valence-electron chi connectivity index (χ0n) is 7.86. The summed E-state index contributed by atoms with van der Waals surface area (Å²) in [5, 5.41) is 3.29. The van der Waals surface area contributed by atoms with Crippen LogP contribution in [-0.2, 0) is 4.74 Å². The molecule has 0 amide bonds.